The van der Waals surface area contributed by atoms with E-state index < -0.39 is 0 Å². The highest BCUT2D eigenvalue weighted by Gasteiger charge is 2.41. The molecule has 0 bridgehead atoms. The number of nitrogens with zero attached hydrogens (tertiary/aromatic N) is 2. The first-order valence-electron chi connectivity index (χ1n) is 11.8. The minimum atomic E-state index is -0.122. The highest BCUT2D eigenvalue weighted by atomic mass is 16.3. The molecule has 0 unspecified atom stereocenters. The van der Waals surface area contributed by atoms with Crippen LogP contribution in [0.1, 0.15) is 57.1 Å². The number of carbonyl (C=O) groups is 1. The Morgan fingerprint density at radius 2 is 1.81 bits per heavy atom. The van der Waals surface area contributed by atoms with Crippen LogP contribution in [0.4, 0.5) is 5.82 Å². The van der Waals surface area contributed by atoms with Crippen LogP contribution in [0.5, 0.6) is 0 Å². The topological polar surface area (TPSA) is 65.5 Å². The van der Waals surface area contributed by atoms with E-state index in [1.165, 1.54) is 16.5 Å². The zero-order valence-corrected chi connectivity index (χ0v) is 19.4. The number of fused-ring (bicyclic) bond motifs is 1. The number of aryl methyl sites for hydroxylation is 2. The fraction of sp³-hybridized carbons (Fsp3) is 0.615. The SMILES string of the molecule is Cc1ccc(C)c2nc(N3CC[C@H](C(=O)NC4CCC(CO)CC4)C(C)(C)C3)ccc12. The molecule has 1 amide bonds. The number of benzene rings is 1. The normalized spacial score (nSPS) is 26.1. The molecule has 168 valence electrons. The highest BCUT2D eigenvalue weighted by molar-refractivity contribution is 5.86. The fourth-order valence-corrected chi connectivity index (χ4v) is 5.49. The third-order valence-electron chi connectivity index (χ3n) is 7.58. The number of anilines is 1. The molecule has 1 aromatic heterocycles. The quantitative estimate of drug-likeness (QED) is 0.766. The van der Waals surface area contributed by atoms with Gasteiger partial charge in [-0.2, -0.15) is 0 Å². The summed E-state index contributed by atoms with van der Waals surface area (Å²) >= 11 is 0. The van der Waals surface area contributed by atoms with E-state index in [9.17, 15) is 9.90 Å². The summed E-state index contributed by atoms with van der Waals surface area (Å²) in [6.45, 7) is 10.6. The molecule has 1 aliphatic heterocycles. The molecule has 0 radical (unpaired) electrons. The molecule has 2 N–H and O–H groups in total. The van der Waals surface area contributed by atoms with Crippen molar-refractivity contribution in [1.29, 1.82) is 0 Å². The van der Waals surface area contributed by atoms with Gasteiger partial charge in [0, 0.05) is 37.0 Å². The Labute approximate surface area is 186 Å². The van der Waals surface area contributed by atoms with Gasteiger partial charge in [-0.3, -0.25) is 4.79 Å². The van der Waals surface area contributed by atoms with Crippen molar-refractivity contribution in [2.75, 3.05) is 24.6 Å². The summed E-state index contributed by atoms with van der Waals surface area (Å²) in [7, 11) is 0. The van der Waals surface area contributed by atoms with Crippen molar-refractivity contribution in [2.45, 2.75) is 65.8 Å². The molecule has 2 fully saturated rings. The average molecular weight is 424 g/mol. The van der Waals surface area contributed by atoms with Gasteiger partial charge in [-0.1, -0.05) is 26.0 Å². The number of aliphatic hydroxyl groups is 1. The van der Waals surface area contributed by atoms with Crippen molar-refractivity contribution < 1.29 is 9.90 Å². The van der Waals surface area contributed by atoms with Crippen LogP contribution in [0.3, 0.4) is 0 Å². The van der Waals surface area contributed by atoms with Gasteiger partial charge >= 0.3 is 0 Å². The number of carbonyl (C=O) groups excluding carboxylic acids is 1. The number of hydrogen-bond acceptors (Lipinski definition) is 4. The molecule has 2 aliphatic rings. The molecule has 1 aliphatic carbocycles. The van der Waals surface area contributed by atoms with E-state index in [0.717, 1.165) is 56.5 Å². The monoisotopic (exact) mass is 423 g/mol. The van der Waals surface area contributed by atoms with E-state index in [1.54, 1.807) is 0 Å². The van der Waals surface area contributed by atoms with Crippen molar-refractivity contribution >= 4 is 22.6 Å². The van der Waals surface area contributed by atoms with Crippen molar-refractivity contribution in [3.8, 4) is 0 Å². The van der Waals surface area contributed by atoms with Gasteiger partial charge in [-0.25, -0.2) is 4.98 Å². The Kier molecular flexibility index (Phi) is 6.25. The molecule has 1 saturated heterocycles. The lowest BCUT2D eigenvalue weighted by Gasteiger charge is -2.44. The first kappa shape index (κ1) is 22.1. The van der Waals surface area contributed by atoms with E-state index in [4.69, 9.17) is 4.98 Å². The van der Waals surface area contributed by atoms with Gasteiger partial charge < -0.3 is 15.3 Å². The maximum atomic E-state index is 13.1. The van der Waals surface area contributed by atoms with Crippen LogP contribution in [0.25, 0.3) is 10.9 Å². The maximum absolute atomic E-state index is 13.1. The smallest absolute Gasteiger partial charge is 0.224 e. The molecule has 1 saturated carbocycles. The molecule has 31 heavy (non-hydrogen) atoms. The minimum absolute atomic E-state index is 0.0174. The van der Waals surface area contributed by atoms with Crippen LogP contribution < -0.4 is 10.2 Å². The summed E-state index contributed by atoms with van der Waals surface area (Å²) in [5.41, 5.74) is 3.41. The summed E-state index contributed by atoms with van der Waals surface area (Å²) in [5, 5.41) is 13.9. The third kappa shape index (κ3) is 4.57. The van der Waals surface area contributed by atoms with Crippen molar-refractivity contribution in [3.63, 3.8) is 0 Å². The number of nitrogens with one attached hydrogen (secondary N) is 1. The summed E-state index contributed by atoms with van der Waals surface area (Å²) in [4.78, 5) is 20.5. The molecular formula is C26H37N3O2. The summed E-state index contributed by atoms with van der Waals surface area (Å²) < 4.78 is 0. The Bertz CT molecular complexity index is 947. The van der Waals surface area contributed by atoms with Crippen LogP contribution in [0.15, 0.2) is 24.3 Å². The summed E-state index contributed by atoms with van der Waals surface area (Å²) in [5.74, 6) is 1.64. The maximum Gasteiger partial charge on any atom is 0.224 e. The van der Waals surface area contributed by atoms with E-state index in [2.05, 4.69) is 62.2 Å². The number of rotatable bonds is 4. The van der Waals surface area contributed by atoms with Crippen molar-refractivity contribution in [3.05, 3.63) is 35.4 Å². The molecular weight excluding hydrogens is 386 g/mol. The van der Waals surface area contributed by atoms with Gasteiger partial charge in [0.2, 0.25) is 5.91 Å². The van der Waals surface area contributed by atoms with Crippen LogP contribution >= 0.6 is 0 Å². The zero-order chi connectivity index (χ0) is 22.2. The third-order valence-corrected chi connectivity index (χ3v) is 7.58. The average Bonchev–Trinajstić information content (AvgIpc) is 2.76. The highest BCUT2D eigenvalue weighted by Crippen LogP contribution is 2.37. The van der Waals surface area contributed by atoms with Crippen LogP contribution in [-0.4, -0.2) is 41.7 Å². The number of aliphatic hydroxyl groups excluding tert-OH is 1. The zero-order valence-electron chi connectivity index (χ0n) is 19.4. The summed E-state index contributed by atoms with van der Waals surface area (Å²) in [6.07, 6.45) is 4.83. The number of pyridine rings is 1. The van der Waals surface area contributed by atoms with Crippen LogP contribution in [0, 0.1) is 31.1 Å². The summed E-state index contributed by atoms with van der Waals surface area (Å²) in [6, 6.07) is 8.88. The standard InChI is InChI=1S/C26H37N3O2/c1-17-5-6-18(2)24-21(17)11-12-23(28-24)29-14-13-22(26(3,4)16-29)25(31)27-20-9-7-19(15-30)8-10-20/h5-6,11-12,19-20,22,30H,7-10,13-16H2,1-4H3,(H,27,31)/t19?,20?,22-/m1/s1. The molecule has 5 heteroatoms. The first-order valence-corrected chi connectivity index (χ1v) is 11.8. The van der Waals surface area contributed by atoms with Gasteiger partial charge in [-0.15, -0.1) is 0 Å². The van der Waals surface area contributed by atoms with Crippen LogP contribution in [0.2, 0.25) is 0 Å². The van der Waals surface area contributed by atoms with E-state index in [-0.39, 0.29) is 29.9 Å². The Morgan fingerprint density at radius 3 is 2.48 bits per heavy atom. The second-order valence-corrected chi connectivity index (χ2v) is 10.4. The van der Waals surface area contributed by atoms with Gasteiger partial charge in [-0.05, 0) is 80.5 Å². The lowest BCUT2D eigenvalue weighted by atomic mass is 9.73. The molecule has 1 aromatic carbocycles. The molecule has 1 atom stereocenters. The number of hydrogen-bond donors (Lipinski definition) is 2. The first-order chi connectivity index (χ1) is 14.8. The van der Waals surface area contributed by atoms with E-state index >= 15 is 0 Å². The number of aromatic nitrogens is 1. The predicted octanol–water partition coefficient (Wildman–Crippen LogP) is 4.37. The van der Waals surface area contributed by atoms with E-state index in [1.807, 2.05) is 0 Å². The second kappa shape index (κ2) is 8.78. The predicted molar refractivity (Wildman–Crippen MR) is 126 cm³/mol. The molecule has 5 nitrogen and oxygen atoms in total. The lowest BCUT2D eigenvalue weighted by Crippen LogP contribution is -2.53. The fourth-order valence-electron chi connectivity index (χ4n) is 5.49. The van der Waals surface area contributed by atoms with Gasteiger partial charge in [0.05, 0.1) is 5.52 Å². The Balaban J connectivity index is 1.44. The van der Waals surface area contributed by atoms with Gasteiger partial charge in [0.15, 0.2) is 0 Å². The largest absolute Gasteiger partial charge is 0.396 e. The van der Waals surface area contributed by atoms with Gasteiger partial charge in [0.1, 0.15) is 5.82 Å². The van der Waals surface area contributed by atoms with Crippen molar-refractivity contribution in [1.82, 2.24) is 10.3 Å². The Hall–Kier alpha value is -2.14. The molecule has 2 aromatic rings. The molecule has 0 spiro atoms. The van der Waals surface area contributed by atoms with Crippen molar-refractivity contribution in [2.24, 2.45) is 17.3 Å². The Morgan fingerprint density at radius 1 is 1.10 bits per heavy atom. The van der Waals surface area contributed by atoms with Gasteiger partial charge in [0.25, 0.3) is 0 Å². The second-order valence-electron chi connectivity index (χ2n) is 10.4. The molecule has 2 heterocycles. The minimum Gasteiger partial charge on any atom is -0.396 e. The number of piperidine rings is 1. The van der Waals surface area contributed by atoms with Crippen LogP contribution in [-0.2, 0) is 4.79 Å². The number of amides is 1. The van der Waals surface area contributed by atoms with E-state index in [0.29, 0.717) is 5.92 Å². The lowest BCUT2D eigenvalue weighted by molar-refractivity contribution is -0.130. The molecule has 4 rings (SSSR count).